The van der Waals surface area contributed by atoms with Crippen molar-refractivity contribution < 1.29 is 9.47 Å². The molecule has 2 aromatic rings. The average Bonchev–Trinajstić information content (AvgIpc) is 2.97. The maximum atomic E-state index is 6.00. The molecule has 1 aliphatic rings. The third-order valence-corrected chi connectivity index (χ3v) is 3.72. The Morgan fingerprint density at radius 2 is 1.70 bits per heavy atom. The normalized spacial score (nSPS) is 22.1. The molecule has 1 fully saturated rings. The molecule has 0 aliphatic carbocycles. The third kappa shape index (κ3) is 3.09. The SMILES string of the molecule is CCc1ccc(C2OCC(Cc3ccccc3)O2)cc1. The molecule has 2 aromatic carbocycles. The highest BCUT2D eigenvalue weighted by Crippen LogP contribution is 2.28. The lowest BCUT2D eigenvalue weighted by Crippen LogP contribution is -2.13. The lowest BCUT2D eigenvalue weighted by atomic mass is 10.1. The molecule has 1 heterocycles. The van der Waals surface area contributed by atoms with Crippen LogP contribution in [0.2, 0.25) is 0 Å². The van der Waals surface area contributed by atoms with E-state index in [0.717, 1.165) is 18.4 Å². The van der Waals surface area contributed by atoms with Crippen molar-refractivity contribution in [2.75, 3.05) is 6.61 Å². The van der Waals surface area contributed by atoms with E-state index >= 15 is 0 Å². The smallest absolute Gasteiger partial charge is 0.184 e. The summed E-state index contributed by atoms with van der Waals surface area (Å²) in [5.41, 5.74) is 3.74. The largest absolute Gasteiger partial charge is 0.346 e. The van der Waals surface area contributed by atoms with Crippen molar-refractivity contribution in [3.8, 4) is 0 Å². The fourth-order valence-electron chi connectivity index (χ4n) is 2.52. The predicted molar refractivity (Wildman–Crippen MR) is 79.5 cm³/mol. The van der Waals surface area contributed by atoms with E-state index in [0.29, 0.717) is 6.61 Å². The number of rotatable bonds is 4. The highest BCUT2D eigenvalue weighted by atomic mass is 16.7. The van der Waals surface area contributed by atoms with Gasteiger partial charge >= 0.3 is 0 Å². The minimum absolute atomic E-state index is 0.147. The highest BCUT2D eigenvalue weighted by Gasteiger charge is 2.27. The van der Waals surface area contributed by atoms with Crippen LogP contribution in [-0.2, 0) is 22.3 Å². The van der Waals surface area contributed by atoms with Crippen molar-refractivity contribution in [3.05, 3.63) is 71.3 Å². The summed E-state index contributed by atoms with van der Waals surface area (Å²) < 4.78 is 11.8. The Bertz CT molecular complexity index is 533. The molecule has 3 rings (SSSR count). The third-order valence-electron chi connectivity index (χ3n) is 3.72. The van der Waals surface area contributed by atoms with Crippen molar-refractivity contribution in [2.24, 2.45) is 0 Å². The molecule has 0 aromatic heterocycles. The van der Waals surface area contributed by atoms with E-state index in [2.05, 4.69) is 55.5 Å². The second kappa shape index (κ2) is 6.21. The molecular formula is C18H20O2. The van der Waals surface area contributed by atoms with Gasteiger partial charge in [0.05, 0.1) is 12.7 Å². The fourth-order valence-corrected chi connectivity index (χ4v) is 2.52. The second-order valence-corrected chi connectivity index (χ2v) is 5.21. The van der Waals surface area contributed by atoms with E-state index in [4.69, 9.17) is 9.47 Å². The number of hydrogen-bond donors (Lipinski definition) is 0. The first-order chi connectivity index (χ1) is 9.85. The molecule has 0 saturated carbocycles. The molecule has 0 amide bonds. The van der Waals surface area contributed by atoms with E-state index in [1.165, 1.54) is 11.1 Å². The van der Waals surface area contributed by atoms with Crippen LogP contribution in [0.1, 0.15) is 29.9 Å². The summed E-state index contributed by atoms with van der Waals surface area (Å²) in [5.74, 6) is 0. The van der Waals surface area contributed by atoms with Gasteiger partial charge in [0.25, 0.3) is 0 Å². The molecule has 1 saturated heterocycles. The average molecular weight is 268 g/mol. The van der Waals surface area contributed by atoms with E-state index in [1.807, 2.05) is 6.07 Å². The van der Waals surface area contributed by atoms with Gasteiger partial charge in [0.15, 0.2) is 6.29 Å². The van der Waals surface area contributed by atoms with E-state index in [9.17, 15) is 0 Å². The summed E-state index contributed by atoms with van der Waals surface area (Å²) in [6.45, 7) is 2.82. The maximum Gasteiger partial charge on any atom is 0.184 e. The van der Waals surface area contributed by atoms with Gasteiger partial charge in [-0.2, -0.15) is 0 Å². The van der Waals surface area contributed by atoms with Gasteiger partial charge in [-0.1, -0.05) is 61.5 Å². The van der Waals surface area contributed by atoms with Crippen molar-refractivity contribution in [2.45, 2.75) is 32.2 Å². The van der Waals surface area contributed by atoms with Crippen molar-refractivity contribution in [3.63, 3.8) is 0 Å². The highest BCUT2D eigenvalue weighted by molar-refractivity contribution is 5.24. The second-order valence-electron chi connectivity index (χ2n) is 5.21. The van der Waals surface area contributed by atoms with Gasteiger partial charge < -0.3 is 9.47 Å². The predicted octanol–water partition coefficient (Wildman–Crippen LogP) is 3.91. The molecular weight excluding hydrogens is 248 g/mol. The molecule has 2 heteroatoms. The maximum absolute atomic E-state index is 6.00. The van der Waals surface area contributed by atoms with Gasteiger partial charge in [-0.25, -0.2) is 0 Å². The molecule has 0 spiro atoms. The lowest BCUT2D eigenvalue weighted by Gasteiger charge is -2.12. The van der Waals surface area contributed by atoms with Gasteiger partial charge in [0.2, 0.25) is 0 Å². The van der Waals surface area contributed by atoms with Crippen LogP contribution < -0.4 is 0 Å². The zero-order chi connectivity index (χ0) is 13.8. The summed E-state index contributed by atoms with van der Waals surface area (Å²) >= 11 is 0. The van der Waals surface area contributed by atoms with Crippen molar-refractivity contribution in [1.82, 2.24) is 0 Å². The Hall–Kier alpha value is -1.64. The minimum atomic E-state index is -0.213. The van der Waals surface area contributed by atoms with E-state index in [-0.39, 0.29) is 12.4 Å². The van der Waals surface area contributed by atoms with Crippen LogP contribution in [0.3, 0.4) is 0 Å². The molecule has 1 aliphatic heterocycles. The number of benzene rings is 2. The first kappa shape index (κ1) is 13.3. The van der Waals surface area contributed by atoms with Gasteiger partial charge in [0.1, 0.15) is 0 Å². The summed E-state index contributed by atoms with van der Waals surface area (Å²) in [6.07, 6.45) is 1.90. The Kier molecular flexibility index (Phi) is 4.14. The summed E-state index contributed by atoms with van der Waals surface area (Å²) in [6, 6.07) is 18.9. The van der Waals surface area contributed by atoms with Gasteiger partial charge in [-0.05, 0) is 17.5 Å². The topological polar surface area (TPSA) is 18.5 Å². The van der Waals surface area contributed by atoms with Crippen LogP contribution >= 0.6 is 0 Å². The van der Waals surface area contributed by atoms with Crippen LogP contribution in [0.5, 0.6) is 0 Å². The van der Waals surface area contributed by atoms with Crippen LogP contribution in [0.4, 0.5) is 0 Å². The number of ether oxygens (including phenoxy) is 2. The van der Waals surface area contributed by atoms with Crippen LogP contribution in [0, 0.1) is 0 Å². The van der Waals surface area contributed by atoms with Crippen molar-refractivity contribution in [1.29, 1.82) is 0 Å². The quantitative estimate of drug-likeness (QED) is 0.837. The fraction of sp³-hybridized carbons (Fsp3) is 0.333. The van der Waals surface area contributed by atoms with E-state index < -0.39 is 0 Å². The van der Waals surface area contributed by atoms with Gasteiger partial charge in [-0.15, -0.1) is 0 Å². The van der Waals surface area contributed by atoms with Gasteiger partial charge in [0, 0.05) is 12.0 Å². The summed E-state index contributed by atoms with van der Waals surface area (Å²) in [5, 5.41) is 0. The minimum Gasteiger partial charge on any atom is -0.346 e. The Morgan fingerprint density at radius 1 is 0.950 bits per heavy atom. The van der Waals surface area contributed by atoms with Crippen LogP contribution in [0.15, 0.2) is 54.6 Å². The molecule has 0 bridgehead atoms. The number of aryl methyl sites for hydroxylation is 1. The Labute approximate surface area is 120 Å². The van der Waals surface area contributed by atoms with Crippen LogP contribution in [0.25, 0.3) is 0 Å². The van der Waals surface area contributed by atoms with Crippen LogP contribution in [-0.4, -0.2) is 12.7 Å². The first-order valence-electron chi connectivity index (χ1n) is 7.25. The summed E-state index contributed by atoms with van der Waals surface area (Å²) in [4.78, 5) is 0. The first-order valence-corrected chi connectivity index (χ1v) is 7.25. The molecule has 2 unspecified atom stereocenters. The Morgan fingerprint density at radius 3 is 2.40 bits per heavy atom. The number of hydrogen-bond acceptors (Lipinski definition) is 2. The Balaban J connectivity index is 1.61. The van der Waals surface area contributed by atoms with E-state index in [1.54, 1.807) is 0 Å². The molecule has 0 radical (unpaired) electrons. The molecule has 0 N–H and O–H groups in total. The zero-order valence-electron chi connectivity index (χ0n) is 11.8. The van der Waals surface area contributed by atoms with Gasteiger partial charge in [-0.3, -0.25) is 0 Å². The lowest BCUT2D eigenvalue weighted by molar-refractivity contribution is -0.0598. The molecule has 2 nitrogen and oxygen atoms in total. The molecule has 2 atom stereocenters. The molecule has 20 heavy (non-hydrogen) atoms. The standard InChI is InChI=1S/C18H20O2/c1-2-14-8-10-16(11-9-14)18-19-13-17(20-18)12-15-6-4-3-5-7-15/h3-11,17-18H,2,12-13H2,1H3. The monoisotopic (exact) mass is 268 g/mol. The zero-order valence-corrected chi connectivity index (χ0v) is 11.8. The summed E-state index contributed by atoms with van der Waals surface area (Å²) in [7, 11) is 0. The molecule has 104 valence electrons. The van der Waals surface area contributed by atoms with Crippen molar-refractivity contribution >= 4 is 0 Å².